The number of hydrogen-bond acceptors (Lipinski definition) is 8. The first-order valence-corrected chi connectivity index (χ1v) is 13.0. The smallest absolute Gasteiger partial charge is 0.422 e. The molecule has 0 radical (unpaired) electrons. The van der Waals surface area contributed by atoms with Gasteiger partial charge >= 0.3 is 6.18 Å². The number of sulfonamides is 1. The number of aromatic nitrogens is 4. The number of carbonyl (C=O) groups is 1. The van der Waals surface area contributed by atoms with Gasteiger partial charge in [-0.15, -0.1) is 0 Å². The summed E-state index contributed by atoms with van der Waals surface area (Å²) in [4.78, 5) is 28.7. The van der Waals surface area contributed by atoms with Crippen molar-refractivity contribution < 1.29 is 35.5 Å². The molecule has 2 aromatic heterocycles. The normalized spacial score (nSPS) is 14.6. The van der Waals surface area contributed by atoms with E-state index in [4.69, 9.17) is 0 Å². The number of hydrogen-bond donors (Lipinski definition) is 2. The van der Waals surface area contributed by atoms with Crippen LogP contribution >= 0.6 is 0 Å². The first-order chi connectivity index (χ1) is 17.9. The zero-order valence-electron chi connectivity index (χ0n) is 19.9. The first-order valence-electron chi connectivity index (χ1n) is 11.4. The lowest BCUT2D eigenvalue weighted by molar-refractivity contribution is -0.154. The molecular formula is C23H22F4N6O4S. The van der Waals surface area contributed by atoms with Gasteiger partial charge in [0.25, 0.3) is 0 Å². The zero-order valence-corrected chi connectivity index (χ0v) is 20.7. The molecule has 1 amide bonds. The lowest BCUT2D eigenvalue weighted by Crippen LogP contribution is -2.23. The fourth-order valence-corrected chi connectivity index (χ4v) is 4.72. The Balaban J connectivity index is 1.47. The first kappa shape index (κ1) is 27.2. The standard InChI is InChI=1S/C23H22F4N6O4S/c1-2-15(17-7-8-29-22(32-17)33-38(35,36)14-4-5-14)21(34)31-18-6-3-13(9-16(18)24)19-10-28-11-20(30-19)37-12-23(25,26)27/h3,6-11,14-15H,2,4-5,12H2,1H3,(H,31,34)(H,29,32,33). The summed E-state index contributed by atoms with van der Waals surface area (Å²) in [7, 11) is -3.60. The molecule has 0 aliphatic heterocycles. The van der Waals surface area contributed by atoms with Gasteiger partial charge in [0.15, 0.2) is 6.61 Å². The monoisotopic (exact) mass is 554 g/mol. The van der Waals surface area contributed by atoms with Crippen molar-refractivity contribution in [3.05, 3.63) is 54.4 Å². The van der Waals surface area contributed by atoms with Crippen LogP contribution in [0, 0.1) is 5.82 Å². The summed E-state index contributed by atoms with van der Waals surface area (Å²) in [6, 6.07) is 5.19. The Labute approximate surface area is 215 Å². The van der Waals surface area contributed by atoms with Crippen molar-refractivity contribution >= 4 is 27.6 Å². The Bertz CT molecular complexity index is 1430. The summed E-state index contributed by atoms with van der Waals surface area (Å²) in [5.74, 6) is -2.79. The fraction of sp³-hybridized carbons (Fsp3) is 0.348. The number of halogens is 4. The minimum atomic E-state index is -4.56. The number of carbonyl (C=O) groups excluding carboxylic acids is 1. The van der Waals surface area contributed by atoms with E-state index in [1.54, 1.807) is 6.92 Å². The zero-order chi connectivity index (χ0) is 27.5. The minimum absolute atomic E-state index is 0.0649. The molecule has 3 aromatic rings. The lowest BCUT2D eigenvalue weighted by Gasteiger charge is -2.16. The van der Waals surface area contributed by atoms with E-state index in [0.717, 1.165) is 12.3 Å². The molecule has 0 bridgehead atoms. The molecule has 1 fully saturated rings. The third-order valence-electron chi connectivity index (χ3n) is 5.47. The summed E-state index contributed by atoms with van der Waals surface area (Å²) >= 11 is 0. The lowest BCUT2D eigenvalue weighted by atomic mass is 10.0. The maximum atomic E-state index is 14.9. The Morgan fingerprint density at radius 2 is 1.95 bits per heavy atom. The van der Waals surface area contributed by atoms with Crippen molar-refractivity contribution in [2.45, 2.75) is 43.5 Å². The van der Waals surface area contributed by atoms with E-state index >= 15 is 0 Å². The van der Waals surface area contributed by atoms with E-state index in [0.29, 0.717) is 12.8 Å². The SMILES string of the molecule is CCC(C(=O)Nc1ccc(-c2cncc(OCC(F)(F)F)n2)cc1F)c1ccnc(NS(=O)(=O)C2CC2)n1. The topological polar surface area (TPSA) is 136 Å². The largest absolute Gasteiger partial charge is 0.467 e. The van der Waals surface area contributed by atoms with Crippen LogP contribution in [0.2, 0.25) is 0 Å². The number of amides is 1. The second-order valence-electron chi connectivity index (χ2n) is 8.44. The van der Waals surface area contributed by atoms with Gasteiger partial charge in [0, 0.05) is 11.8 Å². The van der Waals surface area contributed by atoms with Crippen molar-refractivity contribution in [1.82, 2.24) is 19.9 Å². The van der Waals surface area contributed by atoms with Crippen LogP contribution in [0.25, 0.3) is 11.3 Å². The highest BCUT2D eigenvalue weighted by molar-refractivity contribution is 7.93. The van der Waals surface area contributed by atoms with Gasteiger partial charge in [0.05, 0.1) is 40.6 Å². The molecule has 1 aliphatic carbocycles. The van der Waals surface area contributed by atoms with Crippen molar-refractivity contribution in [1.29, 1.82) is 0 Å². The van der Waals surface area contributed by atoms with Gasteiger partial charge in [-0.1, -0.05) is 13.0 Å². The predicted octanol–water partition coefficient (Wildman–Crippen LogP) is 4.05. The number of rotatable bonds is 10. The van der Waals surface area contributed by atoms with Crippen LogP contribution in [0.1, 0.15) is 37.8 Å². The molecule has 1 aromatic carbocycles. The van der Waals surface area contributed by atoms with Crippen LogP contribution in [0.4, 0.5) is 29.2 Å². The van der Waals surface area contributed by atoms with Gasteiger partial charge in [-0.05, 0) is 37.5 Å². The Morgan fingerprint density at radius 1 is 1.18 bits per heavy atom. The van der Waals surface area contributed by atoms with E-state index in [2.05, 4.69) is 34.7 Å². The molecule has 0 spiro atoms. The number of anilines is 2. The molecule has 2 N–H and O–H groups in total. The summed E-state index contributed by atoms with van der Waals surface area (Å²) in [5.41, 5.74) is 0.353. The number of nitrogens with zero attached hydrogens (tertiary/aromatic N) is 4. The highest BCUT2D eigenvalue weighted by Gasteiger charge is 2.36. The van der Waals surface area contributed by atoms with Crippen molar-refractivity contribution in [3.63, 3.8) is 0 Å². The molecule has 1 atom stereocenters. The van der Waals surface area contributed by atoms with Gasteiger partial charge in [-0.2, -0.15) is 13.2 Å². The van der Waals surface area contributed by atoms with Crippen LogP contribution in [-0.2, 0) is 14.8 Å². The van der Waals surface area contributed by atoms with E-state index < -0.39 is 45.7 Å². The van der Waals surface area contributed by atoms with Crippen LogP contribution < -0.4 is 14.8 Å². The van der Waals surface area contributed by atoms with Crippen LogP contribution in [0.5, 0.6) is 5.88 Å². The summed E-state index contributed by atoms with van der Waals surface area (Å²) in [6.07, 6.45) is 0.388. The van der Waals surface area contributed by atoms with E-state index in [1.165, 1.54) is 30.6 Å². The molecule has 15 heteroatoms. The van der Waals surface area contributed by atoms with E-state index in [-0.39, 0.29) is 40.9 Å². The second-order valence-corrected chi connectivity index (χ2v) is 10.4. The minimum Gasteiger partial charge on any atom is -0.467 e. The maximum absolute atomic E-state index is 14.9. The fourth-order valence-electron chi connectivity index (χ4n) is 3.44. The van der Waals surface area contributed by atoms with Crippen LogP contribution in [0.3, 0.4) is 0 Å². The molecular weight excluding hydrogens is 532 g/mol. The van der Waals surface area contributed by atoms with Gasteiger partial charge in [0.1, 0.15) is 5.82 Å². The number of benzene rings is 1. The Kier molecular flexibility index (Phi) is 7.76. The molecule has 1 aliphatic rings. The van der Waals surface area contributed by atoms with E-state index in [1.807, 2.05) is 0 Å². The van der Waals surface area contributed by atoms with Crippen molar-refractivity contribution in [2.75, 3.05) is 16.6 Å². The van der Waals surface area contributed by atoms with E-state index in [9.17, 15) is 30.8 Å². The third kappa shape index (κ3) is 6.90. The predicted molar refractivity (Wildman–Crippen MR) is 128 cm³/mol. The number of alkyl halides is 3. The molecule has 10 nitrogen and oxygen atoms in total. The van der Waals surface area contributed by atoms with Crippen LogP contribution in [0.15, 0.2) is 42.9 Å². The van der Waals surface area contributed by atoms with Gasteiger partial charge in [0.2, 0.25) is 27.8 Å². The Hall–Kier alpha value is -3.88. The molecule has 1 saturated carbocycles. The summed E-state index contributed by atoms with van der Waals surface area (Å²) in [6.45, 7) is 0.162. The number of nitrogens with one attached hydrogen (secondary N) is 2. The summed E-state index contributed by atoms with van der Waals surface area (Å²) in [5, 5.41) is 2.00. The maximum Gasteiger partial charge on any atom is 0.422 e. The van der Waals surface area contributed by atoms with Crippen molar-refractivity contribution in [3.8, 4) is 17.1 Å². The molecule has 4 rings (SSSR count). The average Bonchev–Trinajstić information content (AvgIpc) is 3.71. The Morgan fingerprint density at radius 3 is 2.61 bits per heavy atom. The second kappa shape index (κ2) is 10.8. The molecule has 38 heavy (non-hydrogen) atoms. The highest BCUT2D eigenvalue weighted by atomic mass is 32.2. The molecule has 0 saturated heterocycles. The van der Waals surface area contributed by atoms with Gasteiger partial charge < -0.3 is 10.1 Å². The summed E-state index contributed by atoms with van der Waals surface area (Å²) < 4.78 is 83.2. The van der Waals surface area contributed by atoms with Gasteiger partial charge in [-0.25, -0.2) is 27.8 Å². The molecule has 202 valence electrons. The number of ether oxygens (including phenoxy) is 1. The van der Waals surface area contributed by atoms with Crippen LogP contribution in [-0.4, -0.2) is 52.3 Å². The average molecular weight is 555 g/mol. The van der Waals surface area contributed by atoms with Gasteiger partial charge in [-0.3, -0.25) is 14.5 Å². The molecule has 1 unspecified atom stereocenters. The molecule has 2 heterocycles. The third-order valence-corrected chi connectivity index (χ3v) is 7.29. The quantitative estimate of drug-likeness (QED) is 0.358. The highest BCUT2D eigenvalue weighted by Crippen LogP contribution is 2.30. The van der Waals surface area contributed by atoms with Crippen molar-refractivity contribution in [2.24, 2.45) is 0 Å².